The van der Waals surface area contributed by atoms with Gasteiger partial charge in [-0.1, -0.05) is 48.5 Å². The van der Waals surface area contributed by atoms with Crippen molar-refractivity contribution in [3.63, 3.8) is 0 Å². The van der Waals surface area contributed by atoms with Gasteiger partial charge in [0.1, 0.15) is 5.67 Å². The molecule has 0 spiro atoms. The molecule has 2 unspecified atom stereocenters. The quantitative estimate of drug-likeness (QED) is 0.724. The molecule has 3 rings (SSSR count). The summed E-state index contributed by atoms with van der Waals surface area (Å²) in [7, 11) is -3.50. The van der Waals surface area contributed by atoms with Crippen LogP contribution in [0.2, 0.25) is 0 Å². The molecule has 2 atom stereocenters. The van der Waals surface area contributed by atoms with Gasteiger partial charge in [-0.15, -0.1) is 0 Å². The molecule has 28 heavy (non-hydrogen) atoms. The Kier molecular flexibility index (Phi) is 6.22. The Labute approximate surface area is 167 Å². The minimum atomic E-state index is -3.50. The number of sulfonamides is 1. The molecule has 0 aliphatic carbocycles. The predicted molar refractivity (Wildman–Crippen MR) is 112 cm³/mol. The third-order valence-corrected chi connectivity index (χ3v) is 7.21. The van der Waals surface area contributed by atoms with E-state index >= 15 is 4.39 Å². The second-order valence-corrected chi connectivity index (χ2v) is 10.3. The van der Waals surface area contributed by atoms with Gasteiger partial charge in [-0.25, -0.2) is 17.5 Å². The molecular formula is C22H29FN2O2S. The highest BCUT2D eigenvalue weighted by Crippen LogP contribution is 2.29. The van der Waals surface area contributed by atoms with Crippen LogP contribution >= 0.6 is 0 Å². The third-order valence-electron chi connectivity index (χ3n) is 5.42. The standard InChI is InChI=1S/C22H29FN2O2S/c1-16(2)28(26,27)25-15-22(3,23)20-12-10-18(11-13-20)17-6-8-19(9-7-17)21-5-4-14-24-21/h6-13,16,21,24-25H,4-5,14-15H2,1-3H3. The van der Waals surface area contributed by atoms with Crippen molar-refractivity contribution in [3.05, 3.63) is 59.7 Å². The monoisotopic (exact) mass is 404 g/mol. The van der Waals surface area contributed by atoms with E-state index in [1.54, 1.807) is 26.0 Å². The van der Waals surface area contributed by atoms with Crippen molar-refractivity contribution in [2.24, 2.45) is 0 Å². The van der Waals surface area contributed by atoms with Crippen LogP contribution in [-0.2, 0) is 15.7 Å². The van der Waals surface area contributed by atoms with Gasteiger partial charge < -0.3 is 5.32 Å². The molecule has 2 aromatic carbocycles. The molecule has 1 saturated heterocycles. The van der Waals surface area contributed by atoms with Crippen LogP contribution < -0.4 is 10.0 Å². The van der Waals surface area contributed by atoms with Crippen LogP contribution in [0.1, 0.15) is 50.8 Å². The SMILES string of the molecule is CC(C)S(=O)(=O)NCC(C)(F)c1ccc(-c2ccc(C3CCCN3)cc2)cc1. The maximum Gasteiger partial charge on any atom is 0.214 e. The van der Waals surface area contributed by atoms with Crippen LogP contribution in [-0.4, -0.2) is 26.8 Å². The van der Waals surface area contributed by atoms with E-state index < -0.39 is 20.9 Å². The van der Waals surface area contributed by atoms with Crippen LogP contribution in [0.4, 0.5) is 4.39 Å². The van der Waals surface area contributed by atoms with E-state index in [0.717, 1.165) is 17.7 Å². The van der Waals surface area contributed by atoms with Gasteiger partial charge in [-0.3, -0.25) is 0 Å². The predicted octanol–water partition coefficient (Wildman–Crippen LogP) is 4.29. The first-order chi connectivity index (χ1) is 13.2. The lowest BCUT2D eigenvalue weighted by Crippen LogP contribution is -2.39. The first-order valence-corrected chi connectivity index (χ1v) is 11.4. The molecule has 0 bridgehead atoms. The van der Waals surface area contributed by atoms with E-state index in [0.29, 0.717) is 11.6 Å². The molecule has 0 saturated carbocycles. The number of alkyl halides is 1. The van der Waals surface area contributed by atoms with Crippen molar-refractivity contribution in [1.29, 1.82) is 0 Å². The van der Waals surface area contributed by atoms with Gasteiger partial charge in [0.05, 0.1) is 5.25 Å². The van der Waals surface area contributed by atoms with E-state index in [-0.39, 0.29) is 6.54 Å². The van der Waals surface area contributed by atoms with Gasteiger partial charge in [-0.05, 0) is 62.4 Å². The Balaban J connectivity index is 1.70. The Morgan fingerprint density at radius 3 is 2.18 bits per heavy atom. The lowest BCUT2D eigenvalue weighted by Gasteiger charge is -2.22. The fraction of sp³-hybridized carbons (Fsp3) is 0.455. The number of nitrogens with one attached hydrogen (secondary N) is 2. The summed E-state index contributed by atoms with van der Waals surface area (Å²) in [4.78, 5) is 0. The van der Waals surface area contributed by atoms with Crippen molar-refractivity contribution in [3.8, 4) is 11.1 Å². The largest absolute Gasteiger partial charge is 0.310 e. The average Bonchev–Trinajstić information content (AvgIpc) is 3.22. The van der Waals surface area contributed by atoms with Gasteiger partial charge in [0.25, 0.3) is 0 Å². The second-order valence-electron chi connectivity index (χ2n) is 7.96. The molecule has 2 N–H and O–H groups in total. The summed E-state index contributed by atoms with van der Waals surface area (Å²) < 4.78 is 41.2. The molecule has 1 aliphatic rings. The lowest BCUT2D eigenvalue weighted by atomic mass is 9.94. The smallest absolute Gasteiger partial charge is 0.214 e. The molecule has 152 valence electrons. The van der Waals surface area contributed by atoms with E-state index in [1.807, 2.05) is 12.1 Å². The van der Waals surface area contributed by atoms with Crippen molar-refractivity contribution in [2.75, 3.05) is 13.1 Å². The van der Waals surface area contributed by atoms with E-state index in [1.165, 1.54) is 25.3 Å². The highest BCUT2D eigenvalue weighted by Gasteiger charge is 2.29. The first-order valence-electron chi connectivity index (χ1n) is 9.81. The Bertz CT molecular complexity index is 885. The Morgan fingerprint density at radius 1 is 1.11 bits per heavy atom. The summed E-state index contributed by atoms with van der Waals surface area (Å²) >= 11 is 0. The number of rotatable bonds is 7. The Hall–Kier alpha value is -1.76. The zero-order valence-electron chi connectivity index (χ0n) is 16.7. The van der Waals surface area contributed by atoms with Gasteiger partial charge >= 0.3 is 0 Å². The summed E-state index contributed by atoms with van der Waals surface area (Å²) in [5.41, 5.74) is 2.06. The lowest BCUT2D eigenvalue weighted by molar-refractivity contribution is 0.196. The summed E-state index contributed by atoms with van der Waals surface area (Å²) in [5.74, 6) is 0. The maximum atomic E-state index is 15.0. The van der Waals surface area contributed by atoms with Crippen LogP contribution in [0.15, 0.2) is 48.5 Å². The number of halogens is 1. The van der Waals surface area contributed by atoms with Gasteiger partial charge in [0, 0.05) is 12.6 Å². The Morgan fingerprint density at radius 2 is 1.68 bits per heavy atom. The fourth-order valence-corrected chi connectivity index (χ4v) is 4.20. The van der Waals surface area contributed by atoms with E-state index in [2.05, 4.69) is 34.3 Å². The molecule has 1 aliphatic heterocycles. The zero-order chi connectivity index (χ0) is 20.4. The topological polar surface area (TPSA) is 58.2 Å². The highest BCUT2D eigenvalue weighted by atomic mass is 32.2. The number of hydrogen-bond acceptors (Lipinski definition) is 3. The van der Waals surface area contributed by atoms with Crippen molar-refractivity contribution < 1.29 is 12.8 Å². The molecule has 0 amide bonds. The van der Waals surface area contributed by atoms with Crippen LogP contribution in [0.3, 0.4) is 0 Å². The number of benzene rings is 2. The average molecular weight is 405 g/mol. The van der Waals surface area contributed by atoms with Crippen LogP contribution in [0.5, 0.6) is 0 Å². The highest BCUT2D eigenvalue weighted by molar-refractivity contribution is 7.90. The second kappa shape index (κ2) is 8.31. The zero-order valence-corrected chi connectivity index (χ0v) is 17.5. The van der Waals surface area contributed by atoms with Crippen LogP contribution in [0, 0.1) is 0 Å². The third kappa shape index (κ3) is 4.80. The van der Waals surface area contributed by atoms with E-state index in [9.17, 15) is 8.42 Å². The number of hydrogen-bond donors (Lipinski definition) is 2. The molecule has 6 heteroatoms. The van der Waals surface area contributed by atoms with Gasteiger partial charge in [0.2, 0.25) is 10.0 Å². The summed E-state index contributed by atoms with van der Waals surface area (Å²) in [6.45, 7) is 5.33. The summed E-state index contributed by atoms with van der Waals surface area (Å²) in [6, 6.07) is 16.1. The molecule has 2 aromatic rings. The molecule has 0 aromatic heterocycles. The molecule has 1 heterocycles. The molecular weight excluding hydrogens is 375 g/mol. The normalized spacial score (nSPS) is 19.7. The maximum absolute atomic E-state index is 15.0. The fourth-order valence-electron chi connectivity index (χ4n) is 3.39. The van der Waals surface area contributed by atoms with Crippen molar-refractivity contribution in [2.45, 2.75) is 50.6 Å². The van der Waals surface area contributed by atoms with Crippen molar-refractivity contribution in [1.82, 2.24) is 10.0 Å². The van der Waals surface area contributed by atoms with Gasteiger partial charge in [0.15, 0.2) is 0 Å². The van der Waals surface area contributed by atoms with Crippen LogP contribution in [0.25, 0.3) is 11.1 Å². The minimum Gasteiger partial charge on any atom is -0.310 e. The molecule has 4 nitrogen and oxygen atoms in total. The van der Waals surface area contributed by atoms with E-state index in [4.69, 9.17) is 0 Å². The summed E-state index contributed by atoms with van der Waals surface area (Å²) in [6.07, 6.45) is 2.38. The minimum absolute atomic E-state index is 0.282. The van der Waals surface area contributed by atoms with Crippen molar-refractivity contribution >= 4 is 10.0 Å². The molecule has 0 radical (unpaired) electrons. The summed E-state index contributed by atoms with van der Waals surface area (Å²) in [5, 5.41) is 2.91. The molecule has 1 fully saturated rings. The van der Waals surface area contributed by atoms with Gasteiger partial charge in [-0.2, -0.15) is 0 Å². The first kappa shape index (κ1) is 21.0.